The number of nitrogens with one attached hydrogen (secondary N) is 1. The van der Waals surface area contributed by atoms with Crippen LogP contribution in [-0.2, 0) is 6.42 Å². The molecule has 0 bridgehead atoms. The highest BCUT2D eigenvalue weighted by atomic mass is 35.5. The second-order valence-electron chi connectivity index (χ2n) is 4.07. The van der Waals surface area contributed by atoms with Gasteiger partial charge in [0.1, 0.15) is 0 Å². The molecule has 1 aromatic rings. The predicted octanol–water partition coefficient (Wildman–Crippen LogP) is 1.93. The molecule has 0 aliphatic heterocycles. The normalized spacial score (nSPS) is 12.1. The smallest absolute Gasteiger partial charge is 0.0504 e. The molecule has 0 fully saturated rings. The van der Waals surface area contributed by atoms with Gasteiger partial charge in [-0.2, -0.15) is 0 Å². The van der Waals surface area contributed by atoms with E-state index >= 15 is 0 Å². The van der Waals surface area contributed by atoms with E-state index in [1.54, 1.807) is 0 Å². The SMILES string of the molecule is C=CC(N)(CNCCN)Cc1ccccc1.Cl.Cl.Cl. The largest absolute Gasteiger partial charge is 0.329 e. The van der Waals surface area contributed by atoms with E-state index in [1.807, 2.05) is 24.3 Å². The van der Waals surface area contributed by atoms with Crippen molar-refractivity contribution in [2.24, 2.45) is 11.5 Å². The maximum Gasteiger partial charge on any atom is 0.0504 e. The van der Waals surface area contributed by atoms with E-state index in [-0.39, 0.29) is 37.2 Å². The molecule has 0 saturated heterocycles. The van der Waals surface area contributed by atoms with E-state index in [9.17, 15) is 0 Å². The lowest BCUT2D eigenvalue weighted by Gasteiger charge is -2.26. The molecule has 0 aliphatic rings. The van der Waals surface area contributed by atoms with E-state index in [4.69, 9.17) is 11.5 Å². The van der Waals surface area contributed by atoms with Crippen molar-refractivity contribution in [1.29, 1.82) is 0 Å². The molecule has 0 saturated carbocycles. The minimum atomic E-state index is -0.406. The van der Waals surface area contributed by atoms with Gasteiger partial charge >= 0.3 is 0 Å². The highest BCUT2D eigenvalue weighted by Crippen LogP contribution is 2.11. The van der Waals surface area contributed by atoms with Crippen LogP contribution in [-0.4, -0.2) is 25.2 Å². The van der Waals surface area contributed by atoms with Gasteiger partial charge in [-0.3, -0.25) is 0 Å². The molecule has 3 nitrogen and oxygen atoms in total. The lowest BCUT2D eigenvalue weighted by Crippen LogP contribution is -2.49. The zero-order valence-corrected chi connectivity index (χ0v) is 13.3. The van der Waals surface area contributed by atoms with E-state index in [0.717, 1.165) is 13.0 Å². The van der Waals surface area contributed by atoms with Gasteiger partial charge in [-0.15, -0.1) is 43.8 Å². The van der Waals surface area contributed by atoms with Crippen molar-refractivity contribution in [2.75, 3.05) is 19.6 Å². The molecule has 1 rings (SSSR count). The predicted molar refractivity (Wildman–Crippen MR) is 90.9 cm³/mol. The fourth-order valence-electron chi connectivity index (χ4n) is 1.61. The molecular formula is C13H24Cl3N3. The first-order valence-corrected chi connectivity index (χ1v) is 5.57. The summed E-state index contributed by atoms with van der Waals surface area (Å²) >= 11 is 0. The van der Waals surface area contributed by atoms with Crippen molar-refractivity contribution < 1.29 is 0 Å². The Morgan fingerprint density at radius 2 is 1.74 bits per heavy atom. The third-order valence-electron chi connectivity index (χ3n) is 2.56. The number of benzene rings is 1. The highest BCUT2D eigenvalue weighted by molar-refractivity contribution is 5.86. The first kappa shape index (κ1) is 23.8. The van der Waals surface area contributed by atoms with Crippen LogP contribution in [0.15, 0.2) is 43.0 Å². The lowest BCUT2D eigenvalue weighted by atomic mass is 9.92. The van der Waals surface area contributed by atoms with Crippen LogP contribution in [0.5, 0.6) is 0 Å². The molecule has 5 N–H and O–H groups in total. The fourth-order valence-corrected chi connectivity index (χ4v) is 1.61. The van der Waals surface area contributed by atoms with E-state index in [0.29, 0.717) is 13.1 Å². The first-order valence-electron chi connectivity index (χ1n) is 5.57. The first-order chi connectivity index (χ1) is 7.70. The minimum Gasteiger partial charge on any atom is -0.329 e. The van der Waals surface area contributed by atoms with Crippen LogP contribution >= 0.6 is 37.2 Å². The summed E-state index contributed by atoms with van der Waals surface area (Å²) in [5.74, 6) is 0. The Bertz CT molecular complexity index is 322. The second-order valence-corrected chi connectivity index (χ2v) is 4.07. The Morgan fingerprint density at radius 3 is 2.21 bits per heavy atom. The monoisotopic (exact) mass is 327 g/mol. The number of hydrogen-bond acceptors (Lipinski definition) is 3. The summed E-state index contributed by atoms with van der Waals surface area (Å²) in [5, 5.41) is 3.23. The van der Waals surface area contributed by atoms with Gasteiger partial charge in [-0.25, -0.2) is 0 Å². The number of nitrogens with two attached hydrogens (primary N) is 2. The molecule has 0 aliphatic carbocycles. The number of halogens is 3. The maximum atomic E-state index is 6.25. The summed E-state index contributed by atoms with van der Waals surface area (Å²) in [4.78, 5) is 0. The van der Waals surface area contributed by atoms with Crippen molar-refractivity contribution in [2.45, 2.75) is 12.0 Å². The Morgan fingerprint density at radius 1 is 1.16 bits per heavy atom. The van der Waals surface area contributed by atoms with Gasteiger partial charge in [-0.1, -0.05) is 36.4 Å². The van der Waals surface area contributed by atoms with E-state index in [1.165, 1.54) is 5.56 Å². The van der Waals surface area contributed by atoms with Gasteiger partial charge in [-0.05, 0) is 12.0 Å². The molecule has 0 spiro atoms. The zero-order chi connectivity index (χ0) is 11.9. The summed E-state index contributed by atoms with van der Waals surface area (Å²) in [6.07, 6.45) is 2.60. The molecule has 1 aromatic carbocycles. The van der Waals surface area contributed by atoms with Crippen LogP contribution in [0.3, 0.4) is 0 Å². The van der Waals surface area contributed by atoms with Crippen LogP contribution < -0.4 is 16.8 Å². The number of hydrogen-bond donors (Lipinski definition) is 3. The van der Waals surface area contributed by atoms with Crippen molar-refractivity contribution in [1.82, 2.24) is 5.32 Å². The Hall–Kier alpha value is -0.290. The third kappa shape index (κ3) is 9.27. The Balaban J connectivity index is -0.000000853. The van der Waals surface area contributed by atoms with Crippen molar-refractivity contribution >= 4 is 37.2 Å². The van der Waals surface area contributed by atoms with E-state index < -0.39 is 5.54 Å². The van der Waals surface area contributed by atoms with E-state index in [2.05, 4.69) is 24.0 Å². The molecule has 19 heavy (non-hydrogen) atoms. The molecule has 0 radical (unpaired) electrons. The zero-order valence-electron chi connectivity index (χ0n) is 10.9. The summed E-state index contributed by atoms with van der Waals surface area (Å²) in [5.41, 5.74) is 12.5. The van der Waals surface area contributed by atoms with Crippen molar-refractivity contribution in [3.63, 3.8) is 0 Å². The Kier molecular flexibility index (Phi) is 15.9. The molecule has 112 valence electrons. The fraction of sp³-hybridized carbons (Fsp3) is 0.385. The number of rotatable bonds is 7. The van der Waals surface area contributed by atoms with Gasteiger partial charge in [0, 0.05) is 19.6 Å². The van der Waals surface area contributed by atoms with Gasteiger partial charge in [0.15, 0.2) is 0 Å². The summed E-state index contributed by atoms with van der Waals surface area (Å²) in [6.45, 7) is 5.91. The molecule has 1 unspecified atom stereocenters. The van der Waals surface area contributed by atoms with Gasteiger partial charge in [0.05, 0.1) is 5.54 Å². The summed E-state index contributed by atoms with van der Waals surface area (Å²) in [6, 6.07) is 10.2. The molecule has 0 heterocycles. The quantitative estimate of drug-likeness (QED) is 0.529. The van der Waals surface area contributed by atoms with Gasteiger partial charge < -0.3 is 16.8 Å². The van der Waals surface area contributed by atoms with Crippen molar-refractivity contribution in [3.05, 3.63) is 48.6 Å². The average molecular weight is 329 g/mol. The van der Waals surface area contributed by atoms with Crippen LogP contribution in [0.4, 0.5) is 0 Å². The van der Waals surface area contributed by atoms with Gasteiger partial charge in [0.2, 0.25) is 0 Å². The second kappa shape index (κ2) is 12.7. The summed E-state index contributed by atoms with van der Waals surface area (Å²) in [7, 11) is 0. The van der Waals surface area contributed by atoms with Gasteiger partial charge in [0.25, 0.3) is 0 Å². The molecular weight excluding hydrogens is 305 g/mol. The highest BCUT2D eigenvalue weighted by Gasteiger charge is 2.20. The Labute approximate surface area is 134 Å². The molecule has 1 atom stereocenters. The lowest BCUT2D eigenvalue weighted by molar-refractivity contribution is 0.477. The topological polar surface area (TPSA) is 64.1 Å². The summed E-state index contributed by atoms with van der Waals surface area (Å²) < 4.78 is 0. The average Bonchev–Trinajstić information content (AvgIpc) is 2.31. The van der Waals surface area contributed by atoms with Crippen molar-refractivity contribution in [3.8, 4) is 0 Å². The standard InChI is InChI=1S/C13H21N3.3ClH/c1-2-13(15,11-16-9-8-14)10-12-6-4-3-5-7-12;;;/h2-7,16H,1,8-11,14-15H2;3*1H. The van der Waals surface area contributed by atoms with Crippen LogP contribution in [0, 0.1) is 0 Å². The molecule has 0 aromatic heterocycles. The minimum absolute atomic E-state index is 0. The maximum absolute atomic E-state index is 6.25. The van der Waals surface area contributed by atoms with Crippen LogP contribution in [0.1, 0.15) is 5.56 Å². The van der Waals surface area contributed by atoms with Crippen LogP contribution in [0.2, 0.25) is 0 Å². The third-order valence-corrected chi connectivity index (χ3v) is 2.56. The van der Waals surface area contributed by atoms with Crippen LogP contribution in [0.25, 0.3) is 0 Å². The molecule has 6 heteroatoms. The molecule has 0 amide bonds.